The Kier molecular flexibility index (Phi) is 6.32. The molecule has 0 saturated carbocycles. The van der Waals surface area contributed by atoms with Gasteiger partial charge in [-0.3, -0.25) is 14.2 Å². The fourth-order valence-electron chi connectivity index (χ4n) is 4.17. The molecule has 198 valence electrons. The summed E-state index contributed by atoms with van der Waals surface area (Å²) in [5, 5.41) is 18.8. The van der Waals surface area contributed by atoms with Gasteiger partial charge in [0.15, 0.2) is 11.2 Å². The zero-order valence-electron chi connectivity index (χ0n) is 20.9. The third-order valence-corrected chi connectivity index (χ3v) is 6.19. The van der Waals surface area contributed by atoms with Crippen molar-refractivity contribution < 1.29 is 23.9 Å². The van der Waals surface area contributed by atoms with Gasteiger partial charge < -0.3 is 25.9 Å². The summed E-state index contributed by atoms with van der Waals surface area (Å²) in [7, 11) is 1.59. The van der Waals surface area contributed by atoms with Gasteiger partial charge in [0.2, 0.25) is 0 Å². The number of nitrogens with one attached hydrogen (secondary N) is 2. The Morgan fingerprint density at radius 3 is 2.41 bits per heavy atom. The van der Waals surface area contributed by atoms with Gasteiger partial charge in [-0.2, -0.15) is 0 Å². The Balaban J connectivity index is 1.35. The van der Waals surface area contributed by atoms with Crippen molar-refractivity contribution in [3.63, 3.8) is 0 Å². The standard InChI is InChI=1S/C26H23N7O6/c1-13-7-14(3-5-16(13)25(36)37)11-29-24(35)19-9-17(30-22-10-21(27)31-33(19)22)23(34)28-12-15-4-6-20-18(8-15)32(2)26(38)39-20/h3-10H,11-12H2,1-2H3,(H2,27,31)(H,28,34)(H,29,35)(H,36,37). The lowest BCUT2D eigenvalue weighted by Gasteiger charge is -2.10. The number of fused-ring (bicyclic) bond motifs is 2. The number of nitrogen functional groups attached to an aromatic ring is 1. The minimum Gasteiger partial charge on any atom is -0.478 e. The van der Waals surface area contributed by atoms with E-state index < -0.39 is 23.5 Å². The first kappa shape index (κ1) is 25.2. The van der Waals surface area contributed by atoms with Crippen molar-refractivity contribution in [2.45, 2.75) is 20.0 Å². The summed E-state index contributed by atoms with van der Waals surface area (Å²) in [5.74, 6) is -2.47. The van der Waals surface area contributed by atoms with E-state index >= 15 is 0 Å². The number of hydrogen-bond acceptors (Lipinski definition) is 8. The van der Waals surface area contributed by atoms with E-state index in [1.54, 1.807) is 44.3 Å². The monoisotopic (exact) mass is 529 g/mol. The molecule has 0 aliphatic rings. The molecule has 3 heterocycles. The molecule has 2 amide bonds. The van der Waals surface area contributed by atoms with Gasteiger partial charge in [-0.1, -0.05) is 18.2 Å². The fourth-order valence-corrected chi connectivity index (χ4v) is 4.17. The molecule has 5 N–H and O–H groups in total. The molecule has 0 fully saturated rings. The first-order valence-electron chi connectivity index (χ1n) is 11.7. The molecule has 0 bridgehead atoms. The molecule has 0 spiro atoms. The summed E-state index contributed by atoms with van der Waals surface area (Å²) in [5.41, 5.74) is 9.23. The number of carbonyl (C=O) groups excluding carboxylic acids is 2. The van der Waals surface area contributed by atoms with Crippen LogP contribution in [0.4, 0.5) is 5.82 Å². The average molecular weight is 530 g/mol. The highest BCUT2D eigenvalue weighted by atomic mass is 16.4. The number of anilines is 1. The number of aromatic carboxylic acids is 1. The van der Waals surface area contributed by atoms with Gasteiger partial charge in [-0.15, -0.1) is 5.10 Å². The lowest BCUT2D eigenvalue weighted by Crippen LogP contribution is -2.28. The lowest BCUT2D eigenvalue weighted by molar-refractivity contribution is 0.0695. The maximum Gasteiger partial charge on any atom is 0.419 e. The molecule has 0 aliphatic heterocycles. The second-order valence-electron chi connectivity index (χ2n) is 8.91. The number of nitrogens with two attached hydrogens (primary N) is 1. The smallest absolute Gasteiger partial charge is 0.419 e. The van der Waals surface area contributed by atoms with Crippen LogP contribution in [0.5, 0.6) is 0 Å². The van der Waals surface area contributed by atoms with Gasteiger partial charge in [0.1, 0.15) is 17.2 Å². The van der Waals surface area contributed by atoms with Crippen molar-refractivity contribution in [2.24, 2.45) is 7.05 Å². The Morgan fingerprint density at radius 1 is 1.00 bits per heavy atom. The van der Waals surface area contributed by atoms with Gasteiger partial charge >= 0.3 is 11.7 Å². The second kappa shape index (κ2) is 9.78. The minimum atomic E-state index is -1.03. The number of benzene rings is 2. The van der Waals surface area contributed by atoms with E-state index in [9.17, 15) is 24.3 Å². The maximum atomic E-state index is 13.1. The Bertz CT molecular complexity index is 1850. The van der Waals surface area contributed by atoms with Crippen LogP contribution in [0.1, 0.15) is 48.0 Å². The Labute approximate surface area is 219 Å². The molecule has 5 rings (SSSR count). The Hall–Kier alpha value is -5.46. The third-order valence-electron chi connectivity index (χ3n) is 6.19. The van der Waals surface area contributed by atoms with Crippen molar-refractivity contribution in [2.75, 3.05) is 5.73 Å². The molecule has 0 radical (unpaired) electrons. The van der Waals surface area contributed by atoms with Crippen LogP contribution in [-0.4, -0.2) is 42.1 Å². The number of carboxylic acids is 1. The summed E-state index contributed by atoms with van der Waals surface area (Å²) in [6.45, 7) is 1.92. The quantitative estimate of drug-likeness (QED) is 0.243. The number of aryl methyl sites for hydroxylation is 2. The maximum absolute atomic E-state index is 13.1. The van der Waals surface area contributed by atoms with E-state index in [-0.39, 0.29) is 41.5 Å². The minimum absolute atomic E-state index is 0.0222. The number of nitrogens with zero attached hydrogens (tertiary/aromatic N) is 4. The molecular weight excluding hydrogens is 506 g/mol. The van der Waals surface area contributed by atoms with Crippen molar-refractivity contribution in [1.29, 1.82) is 0 Å². The predicted molar refractivity (Wildman–Crippen MR) is 139 cm³/mol. The van der Waals surface area contributed by atoms with Crippen molar-refractivity contribution >= 4 is 40.3 Å². The zero-order valence-corrected chi connectivity index (χ0v) is 20.9. The summed E-state index contributed by atoms with van der Waals surface area (Å²) in [6, 6.07) is 12.6. The molecule has 39 heavy (non-hydrogen) atoms. The lowest BCUT2D eigenvalue weighted by atomic mass is 10.1. The van der Waals surface area contributed by atoms with Gasteiger partial charge in [-0.05, 0) is 41.8 Å². The average Bonchev–Trinajstić information content (AvgIpc) is 3.42. The van der Waals surface area contributed by atoms with E-state index in [4.69, 9.17) is 10.2 Å². The molecule has 0 saturated heterocycles. The highest BCUT2D eigenvalue weighted by Crippen LogP contribution is 2.16. The van der Waals surface area contributed by atoms with Crippen LogP contribution >= 0.6 is 0 Å². The fraction of sp³-hybridized carbons (Fsp3) is 0.154. The van der Waals surface area contributed by atoms with Crippen LogP contribution in [0.25, 0.3) is 16.7 Å². The highest BCUT2D eigenvalue weighted by molar-refractivity contribution is 5.98. The van der Waals surface area contributed by atoms with Crippen LogP contribution < -0.4 is 22.1 Å². The summed E-state index contributed by atoms with van der Waals surface area (Å²) in [6.07, 6.45) is 0. The van der Waals surface area contributed by atoms with Gasteiger partial charge in [0.25, 0.3) is 11.8 Å². The van der Waals surface area contributed by atoms with E-state index in [0.717, 1.165) is 5.56 Å². The molecular formula is C26H23N7O6. The first-order valence-corrected chi connectivity index (χ1v) is 11.7. The van der Waals surface area contributed by atoms with Crippen molar-refractivity contribution in [3.05, 3.63) is 92.7 Å². The summed E-state index contributed by atoms with van der Waals surface area (Å²) < 4.78 is 7.74. The summed E-state index contributed by atoms with van der Waals surface area (Å²) >= 11 is 0. The number of amides is 2. The van der Waals surface area contributed by atoms with Crippen LogP contribution in [0.15, 0.2) is 57.7 Å². The van der Waals surface area contributed by atoms with E-state index in [1.807, 2.05) is 0 Å². The first-order chi connectivity index (χ1) is 18.6. The number of aromatic nitrogens is 4. The van der Waals surface area contributed by atoms with Crippen molar-refractivity contribution in [1.82, 2.24) is 29.8 Å². The molecule has 5 aromatic rings. The van der Waals surface area contributed by atoms with E-state index in [1.165, 1.54) is 27.3 Å². The van der Waals surface area contributed by atoms with E-state index in [2.05, 4.69) is 20.7 Å². The molecule has 0 atom stereocenters. The zero-order chi connectivity index (χ0) is 27.8. The molecule has 3 aromatic heterocycles. The van der Waals surface area contributed by atoms with Crippen molar-refractivity contribution in [3.8, 4) is 0 Å². The van der Waals surface area contributed by atoms with E-state index in [0.29, 0.717) is 22.2 Å². The molecule has 0 unspecified atom stereocenters. The Morgan fingerprint density at radius 2 is 1.69 bits per heavy atom. The molecule has 13 heteroatoms. The molecule has 13 nitrogen and oxygen atoms in total. The van der Waals surface area contributed by atoms with Gasteiger partial charge in [-0.25, -0.2) is 19.1 Å². The third kappa shape index (κ3) is 4.92. The largest absolute Gasteiger partial charge is 0.478 e. The van der Waals surface area contributed by atoms with Crippen LogP contribution in [0.3, 0.4) is 0 Å². The normalized spacial score (nSPS) is 11.1. The second-order valence-corrected chi connectivity index (χ2v) is 8.91. The number of hydrogen-bond donors (Lipinski definition) is 4. The van der Waals surface area contributed by atoms with Gasteiger partial charge in [0, 0.05) is 32.3 Å². The predicted octanol–water partition coefficient (Wildman–Crippen LogP) is 1.62. The van der Waals surface area contributed by atoms with Crippen LogP contribution in [0, 0.1) is 6.92 Å². The SMILES string of the molecule is Cc1cc(CNC(=O)c2cc(C(=O)NCc3ccc4oc(=O)n(C)c4c3)nc3cc(N)nn23)ccc1C(=O)O. The van der Waals surface area contributed by atoms with Gasteiger partial charge in [0.05, 0.1) is 11.1 Å². The van der Waals surface area contributed by atoms with Crippen LogP contribution in [-0.2, 0) is 20.1 Å². The molecule has 0 aliphatic carbocycles. The number of oxazole rings is 1. The summed E-state index contributed by atoms with van der Waals surface area (Å²) in [4.78, 5) is 53.4. The highest BCUT2D eigenvalue weighted by Gasteiger charge is 2.19. The van der Waals surface area contributed by atoms with Crippen LogP contribution in [0.2, 0.25) is 0 Å². The number of carboxylic acid groups (broad SMARTS) is 1. The number of rotatable bonds is 7. The molecule has 2 aromatic carbocycles. The topological polar surface area (TPSA) is 187 Å². The number of carbonyl (C=O) groups is 3.